The number of fused-ring (bicyclic) bond motifs is 1. The van der Waals surface area contributed by atoms with Crippen LogP contribution in [0, 0.1) is 0 Å². The lowest BCUT2D eigenvalue weighted by Gasteiger charge is -2.25. The van der Waals surface area contributed by atoms with Crippen LogP contribution in [0.2, 0.25) is 0 Å². The van der Waals surface area contributed by atoms with Crippen LogP contribution >= 0.6 is 0 Å². The highest BCUT2D eigenvalue weighted by Crippen LogP contribution is 2.45. The van der Waals surface area contributed by atoms with Gasteiger partial charge >= 0.3 is 0 Å². The van der Waals surface area contributed by atoms with Crippen molar-refractivity contribution < 1.29 is 9.47 Å². The average molecular weight is 248 g/mol. The van der Waals surface area contributed by atoms with E-state index in [0.29, 0.717) is 5.92 Å². The molecule has 100 valence electrons. The summed E-state index contributed by atoms with van der Waals surface area (Å²) in [6.45, 7) is 15.0. The molecule has 0 aliphatic carbocycles. The molecule has 0 amide bonds. The molecule has 0 saturated heterocycles. The Hall–Kier alpha value is -1.18. The maximum absolute atomic E-state index is 5.84. The predicted octanol–water partition coefficient (Wildman–Crippen LogP) is 4.61. The van der Waals surface area contributed by atoms with Gasteiger partial charge in [0.1, 0.15) is 0 Å². The van der Waals surface area contributed by atoms with E-state index in [9.17, 15) is 0 Å². The zero-order chi connectivity index (χ0) is 13.7. The van der Waals surface area contributed by atoms with Crippen molar-refractivity contribution in [1.82, 2.24) is 0 Å². The van der Waals surface area contributed by atoms with E-state index < -0.39 is 5.79 Å². The first-order valence-electron chi connectivity index (χ1n) is 6.66. The lowest BCUT2D eigenvalue weighted by molar-refractivity contribution is -0.0431. The smallest absolute Gasteiger partial charge is 0.246 e. The molecule has 0 N–H and O–H groups in total. The second kappa shape index (κ2) is 3.91. The average Bonchev–Trinajstić information content (AvgIpc) is 2.47. The Balaban J connectivity index is 2.56. The molecule has 0 fully saturated rings. The summed E-state index contributed by atoms with van der Waals surface area (Å²) in [5, 5.41) is 0. The fraction of sp³-hybridized carbons (Fsp3) is 0.625. The molecular formula is C16H24O2. The molecule has 2 heteroatoms. The van der Waals surface area contributed by atoms with E-state index in [4.69, 9.17) is 9.47 Å². The van der Waals surface area contributed by atoms with E-state index in [2.05, 4.69) is 46.8 Å². The fourth-order valence-electron chi connectivity index (χ4n) is 2.41. The third-order valence-electron chi connectivity index (χ3n) is 3.26. The van der Waals surface area contributed by atoms with Crippen LogP contribution in [0.15, 0.2) is 12.1 Å². The third kappa shape index (κ3) is 2.33. The lowest BCUT2D eigenvalue weighted by Crippen LogP contribution is -2.29. The molecule has 1 aliphatic heterocycles. The summed E-state index contributed by atoms with van der Waals surface area (Å²) in [6, 6.07) is 4.30. The maximum atomic E-state index is 5.84. The van der Waals surface area contributed by atoms with Gasteiger partial charge in [0, 0.05) is 13.8 Å². The molecule has 0 radical (unpaired) electrons. The van der Waals surface area contributed by atoms with Crippen molar-refractivity contribution in [1.29, 1.82) is 0 Å². The summed E-state index contributed by atoms with van der Waals surface area (Å²) in [5.74, 6) is 1.68. The van der Waals surface area contributed by atoms with E-state index >= 15 is 0 Å². The standard InChI is InChI=1S/C16H24O2/c1-10(2)11-8-13-14(18-16(6,7)17-13)9-12(11)15(3,4)5/h8-10H,1-7H3. The van der Waals surface area contributed by atoms with Crippen molar-refractivity contribution in [2.75, 3.05) is 0 Å². The minimum atomic E-state index is -0.549. The molecule has 1 aromatic rings. The Bertz CT molecular complexity index is 465. The minimum absolute atomic E-state index is 0.116. The van der Waals surface area contributed by atoms with Gasteiger partial charge in [-0.1, -0.05) is 34.6 Å². The predicted molar refractivity (Wildman–Crippen MR) is 74.6 cm³/mol. The number of rotatable bonds is 1. The van der Waals surface area contributed by atoms with Gasteiger partial charge < -0.3 is 9.47 Å². The van der Waals surface area contributed by atoms with Crippen LogP contribution in [0.3, 0.4) is 0 Å². The molecule has 0 atom stereocenters. The Kier molecular flexibility index (Phi) is 2.88. The van der Waals surface area contributed by atoms with Gasteiger partial charge in [-0.2, -0.15) is 0 Å². The molecule has 0 unspecified atom stereocenters. The molecule has 18 heavy (non-hydrogen) atoms. The van der Waals surface area contributed by atoms with E-state index in [1.165, 1.54) is 11.1 Å². The molecule has 1 heterocycles. The van der Waals surface area contributed by atoms with Crippen LogP contribution in [0.25, 0.3) is 0 Å². The summed E-state index contributed by atoms with van der Waals surface area (Å²) in [7, 11) is 0. The maximum Gasteiger partial charge on any atom is 0.246 e. The van der Waals surface area contributed by atoms with Crippen molar-refractivity contribution in [3.63, 3.8) is 0 Å². The van der Waals surface area contributed by atoms with Crippen molar-refractivity contribution >= 4 is 0 Å². The van der Waals surface area contributed by atoms with Gasteiger partial charge in [0.25, 0.3) is 0 Å². The van der Waals surface area contributed by atoms with Gasteiger partial charge in [0.05, 0.1) is 0 Å². The summed E-state index contributed by atoms with van der Waals surface area (Å²) in [5.41, 5.74) is 2.81. The molecule has 1 aliphatic rings. The first-order chi connectivity index (χ1) is 8.10. The summed E-state index contributed by atoms with van der Waals surface area (Å²) in [6.07, 6.45) is 0. The second-order valence-electron chi connectivity index (χ2n) is 6.89. The van der Waals surface area contributed by atoms with Crippen molar-refractivity contribution in [2.45, 2.75) is 65.6 Å². The highest BCUT2D eigenvalue weighted by molar-refractivity contribution is 5.52. The van der Waals surface area contributed by atoms with E-state index in [1.54, 1.807) is 0 Å². The van der Waals surface area contributed by atoms with Gasteiger partial charge in [-0.3, -0.25) is 0 Å². The number of benzene rings is 1. The quantitative estimate of drug-likeness (QED) is 0.722. The Morgan fingerprint density at radius 3 is 1.94 bits per heavy atom. The Morgan fingerprint density at radius 1 is 1.00 bits per heavy atom. The van der Waals surface area contributed by atoms with Crippen molar-refractivity contribution in [3.05, 3.63) is 23.3 Å². The largest absolute Gasteiger partial charge is 0.449 e. The van der Waals surface area contributed by atoms with E-state index in [-0.39, 0.29) is 5.41 Å². The highest BCUT2D eigenvalue weighted by atomic mass is 16.7. The first-order valence-corrected chi connectivity index (χ1v) is 6.66. The topological polar surface area (TPSA) is 18.5 Å². The molecule has 2 nitrogen and oxygen atoms in total. The summed E-state index contributed by atoms with van der Waals surface area (Å²) in [4.78, 5) is 0. The van der Waals surface area contributed by atoms with E-state index in [1.807, 2.05) is 13.8 Å². The van der Waals surface area contributed by atoms with Crippen LogP contribution in [-0.4, -0.2) is 5.79 Å². The Labute approximate surface area is 110 Å². The third-order valence-corrected chi connectivity index (χ3v) is 3.26. The molecule has 1 aromatic carbocycles. The zero-order valence-corrected chi connectivity index (χ0v) is 12.5. The van der Waals surface area contributed by atoms with E-state index in [0.717, 1.165) is 11.5 Å². The zero-order valence-electron chi connectivity index (χ0n) is 12.5. The Morgan fingerprint density at radius 2 is 1.50 bits per heavy atom. The van der Waals surface area contributed by atoms with Crippen LogP contribution in [0.4, 0.5) is 0 Å². The number of hydrogen-bond acceptors (Lipinski definition) is 2. The van der Waals surface area contributed by atoms with Crippen LogP contribution in [0.5, 0.6) is 11.5 Å². The first kappa shape index (κ1) is 13.3. The van der Waals surface area contributed by atoms with Gasteiger partial charge in [-0.25, -0.2) is 0 Å². The molecule has 2 rings (SSSR count). The van der Waals surface area contributed by atoms with Crippen LogP contribution in [-0.2, 0) is 5.41 Å². The summed E-state index contributed by atoms with van der Waals surface area (Å²) < 4.78 is 11.7. The molecule has 0 bridgehead atoms. The second-order valence-corrected chi connectivity index (χ2v) is 6.89. The van der Waals surface area contributed by atoms with Crippen LogP contribution in [0.1, 0.15) is 65.5 Å². The SMILES string of the molecule is CC(C)c1cc2c(cc1C(C)(C)C)OC(C)(C)O2. The monoisotopic (exact) mass is 248 g/mol. The van der Waals surface area contributed by atoms with Gasteiger partial charge in [-0.05, 0) is 34.6 Å². The van der Waals surface area contributed by atoms with Gasteiger partial charge in [0.15, 0.2) is 11.5 Å². The number of hydrogen-bond donors (Lipinski definition) is 0. The number of ether oxygens (including phenoxy) is 2. The van der Waals surface area contributed by atoms with Crippen molar-refractivity contribution in [3.8, 4) is 11.5 Å². The summed E-state index contributed by atoms with van der Waals surface area (Å²) >= 11 is 0. The van der Waals surface area contributed by atoms with Gasteiger partial charge in [0.2, 0.25) is 5.79 Å². The minimum Gasteiger partial charge on any atom is -0.449 e. The van der Waals surface area contributed by atoms with Gasteiger partial charge in [-0.15, -0.1) is 0 Å². The highest BCUT2D eigenvalue weighted by Gasteiger charge is 2.34. The lowest BCUT2D eigenvalue weighted by atomic mass is 9.80. The molecule has 0 spiro atoms. The normalized spacial score (nSPS) is 17.3. The van der Waals surface area contributed by atoms with Crippen LogP contribution < -0.4 is 9.47 Å². The molecule has 0 saturated carbocycles. The molecule has 0 aromatic heterocycles. The van der Waals surface area contributed by atoms with Crippen molar-refractivity contribution in [2.24, 2.45) is 0 Å². The molecular weight excluding hydrogens is 224 g/mol. The fourth-order valence-corrected chi connectivity index (χ4v) is 2.41.